The molecule has 0 spiro atoms. The molecule has 4 rings (SSSR count). The van der Waals surface area contributed by atoms with Gasteiger partial charge in [0.1, 0.15) is 0 Å². The van der Waals surface area contributed by atoms with Crippen molar-refractivity contribution in [2.45, 2.75) is 31.0 Å². The number of hydrogen-bond donors (Lipinski definition) is 1. The van der Waals surface area contributed by atoms with Crippen molar-refractivity contribution in [3.05, 3.63) is 96.6 Å². The van der Waals surface area contributed by atoms with Gasteiger partial charge in [-0.15, -0.1) is 10.2 Å². The standard InChI is InChI=1S/C26H26N4OS/c1-20(17-18-21-11-5-2-6-12-21)27-24(31)19-32-26-29-28-25(22-13-7-3-8-14-22)30(26)23-15-9-4-10-16-23/h2-16,20H,17-19H2,1H3,(H,27,31). The van der Waals surface area contributed by atoms with Crippen LogP contribution in [-0.2, 0) is 11.2 Å². The molecule has 1 atom stereocenters. The van der Waals surface area contributed by atoms with Gasteiger partial charge in [0, 0.05) is 17.3 Å². The van der Waals surface area contributed by atoms with Crippen LogP contribution in [0.5, 0.6) is 0 Å². The lowest BCUT2D eigenvalue weighted by molar-refractivity contribution is -0.119. The summed E-state index contributed by atoms with van der Waals surface area (Å²) in [6, 6.07) is 30.4. The molecule has 1 N–H and O–H groups in total. The third-order valence-corrected chi connectivity index (χ3v) is 6.06. The summed E-state index contributed by atoms with van der Waals surface area (Å²) < 4.78 is 2.01. The van der Waals surface area contributed by atoms with Gasteiger partial charge in [0.05, 0.1) is 5.75 Å². The highest BCUT2D eigenvalue weighted by Gasteiger charge is 2.17. The summed E-state index contributed by atoms with van der Waals surface area (Å²) in [7, 11) is 0. The molecular formula is C26H26N4OS. The van der Waals surface area contributed by atoms with E-state index in [2.05, 4.69) is 27.6 Å². The predicted molar refractivity (Wildman–Crippen MR) is 130 cm³/mol. The molecule has 0 radical (unpaired) electrons. The lowest BCUT2D eigenvalue weighted by Gasteiger charge is -2.14. The molecule has 0 saturated carbocycles. The summed E-state index contributed by atoms with van der Waals surface area (Å²) in [5.74, 6) is 1.05. The number of carbonyl (C=O) groups is 1. The second-order valence-corrected chi connectivity index (χ2v) is 8.57. The molecule has 0 bridgehead atoms. The molecule has 32 heavy (non-hydrogen) atoms. The molecule has 1 unspecified atom stereocenters. The van der Waals surface area contributed by atoms with Crippen LogP contribution in [0.1, 0.15) is 18.9 Å². The first kappa shape index (κ1) is 21.8. The Bertz CT molecular complexity index is 1130. The molecule has 4 aromatic rings. The fourth-order valence-electron chi connectivity index (χ4n) is 3.49. The van der Waals surface area contributed by atoms with Gasteiger partial charge in [-0.3, -0.25) is 9.36 Å². The van der Waals surface area contributed by atoms with Gasteiger partial charge >= 0.3 is 0 Å². The Morgan fingerprint density at radius 3 is 2.22 bits per heavy atom. The molecule has 1 aromatic heterocycles. The number of amides is 1. The van der Waals surface area contributed by atoms with Crippen molar-refractivity contribution in [3.63, 3.8) is 0 Å². The number of carbonyl (C=O) groups excluding carboxylic acids is 1. The summed E-state index contributed by atoms with van der Waals surface area (Å²) in [6.45, 7) is 2.05. The monoisotopic (exact) mass is 442 g/mol. The fraction of sp³-hybridized carbons (Fsp3) is 0.192. The molecule has 0 fully saturated rings. The number of nitrogens with one attached hydrogen (secondary N) is 1. The zero-order valence-corrected chi connectivity index (χ0v) is 18.8. The molecule has 1 heterocycles. The van der Waals surface area contributed by atoms with Crippen LogP contribution < -0.4 is 5.32 Å². The van der Waals surface area contributed by atoms with Crippen molar-refractivity contribution in [2.75, 3.05) is 5.75 Å². The maximum Gasteiger partial charge on any atom is 0.230 e. The van der Waals surface area contributed by atoms with Gasteiger partial charge in [0.15, 0.2) is 11.0 Å². The number of para-hydroxylation sites is 1. The lowest BCUT2D eigenvalue weighted by atomic mass is 10.1. The van der Waals surface area contributed by atoms with E-state index in [-0.39, 0.29) is 17.7 Å². The fourth-order valence-corrected chi connectivity index (χ4v) is 4.26. The molecule has 3 aromatic carbocycles. The summed E-state index contributed by atoms with van der Waals surface area (Å²) in [6.07, 6.45) is 1.84. The summed E-state index contributed by atoms with van der Waals surface area (Å²) >= 11 is 1.40. The highest BCUT2D eigenvalue weighted by atomic mass is 32.2. The summed E-state index contributed by atoms with van der Waals surface area (Å²) in [5, 5.41) is 12.6. The van der Waals surface area contributed by atoms with Gasteiger partial charge in [-0.1, -0.05) is 90.6 Å². The first-order valence-corrected chi connectivity index (χ1v) is 11.7. The van der Waals surface area contributed by atoms with Gasteiger partial charge < -0.3 is 5.32 Å². The third-order valence-electron chi connectivity index (χ3n) is 5.13. The van der Waals surface area contributed by atoms with Gasteiger partial charge in [0.25, 0.3) is 0 Å². The topological polar surface area (TPSA) is 59.8 Å². The Morgan fingerprint density at radius 2 is 1.53 bits per heavy atom. The van der Waals surface area contributed by atoms with Crippen LogP contribution in [0.4, 0.5) is 0 Å². The number of aryl methyl sites for hydroxylation is 1. The molecule has 0 aliphatic carbocycles. The highest BCUT2D eigenvalue weighted by Crippen LogP contribution is 2.27. The molecule has 0 aliphatic heterocycles. The molecule has 162 valence electrons. The Morgan fingerprint density at radius 1 is 0.906 bits per heavy atom. The lowest BCUT2D eigenvalue weighted by Crippen LogP contribution is -2.34. The maximum atomic E-state index is 12.6. The zero-order valence-electron chi connectivity index (χ0n) is 18.0. The van der Waals surface area contributed by atoms with Crippen molar-refractivity contribution < 1.29 is 4.79 Å². The van der Waals surface area contributed by atoms with Crippen LogP contribution >= 0.6 is 11.8 Å². The molecule has 1 amide bonds. The van der Waals surface area contributed by atoms with E-state index in [0.717, 1.165) is 29.9 Å². The van der Waals surface area contributed by atoms with Gasteiger partial charge in [-0.25, -0.2) is 0 Å². The van der Waals surface area contributed by atoms with Crippen molar-refractivity contribution >= 4 is 17.7 Å². The Balaban J connectivity index is 1.42. The largest absolute Gasteiger partial charge is 0.353 e. The Hall–Kier alpha value is -3.38. The van der Waals surface area contributed by atoms with E-state index in [1.807, 2.05) is 90.4 Å². The Labute approximate surface area is 192 Å². The molecule has 6 heteroatoms. The van der Waals surface area contributed by atoms with E-state index in [4.69, 9.17) is 0 Å². The third kappa shape index (κ3) is 5.65. The van der Waals surface area contributed by atoms with Crippen LogP contribution in [0.2, 0.25) is 0 Å². The number of thioether (sulfide) groups is 1. The summed E-state index contributed by atoms with van der Waals surface area (Å²) in [4.78, 5) is 12.6. The molecule has 0 saturated heterocycles. The van der Waals surface area contributed by atoms with E-state index < -0.39 is 0 Å². The number of nitrogens with zero attached hydrogens (tertiary/aromatic N) is 3. The average Bonchev–Trinajstić information content (AvgIpc) is 3.27. The van der Waals surface area contributed by atoms with Crippen molar-refractivity contribution in [2.24, 2.45) is 0 Å². The maximum absolute atomic E-state index is 12.6. The smallest absolute Gasteiger partial charge is 0.230 e. The summed E-state index contributed by atoms with van der Waals surface area (Å²) in [5.41, 5.74) is 3.23. The number of benzene rings is 3. The van der Waals surface area contributed by atoms with E-state index in [0.29, 0.717) is 5.16 Å². The minimum Gasteiger partial charge on any atom is -0.353 e. The molecular weight excluding hydrogens is 416 g/mol. The van der Waals surface area contributed by atoms with Crippen molar-refractivity contribution in [3.8, 4) is 17.1 Å². The minimum atomic E-state index is -0.000524. The second-order valence-electron chi connectivity index (χ2n) is 7.62. The second kappa shape index (κ2) is 10.8. The number of hydrogen-bond acceptors (Lipinski definition) is 4. The average molecular weight is 443 g/mol. The minimum absolute atomic E-state index is 0.000524. The van der Waals surface area contributed by atoms with Crippen LogP contribution in [0, 0.1) is 0 Å². The van der Waals surface area contributed by atoms with E-state index in [9.17, 15) is 4.79 Å². The predicted octanol–water partition coefficient (Wildman–Crippen LogP) is 5.16. The number of rotatable bonds is 9. The number of aromatic nitrogens is 3. The first-order chi connectivity index (χ1) is 15.7. The van der Waals surface area contributed by atoms with Crippen LogP contribution in [-0.4, -0.2) is 32.5 Å². The highest BCUT2D eigenvalue weighted by molar-refractivity contribution is 7.99. The van der Waals surface area contributed by atoms with Crippen LogP contribution in [0.15, 0.2) is 96.2 Å². The zero-order chi connectivity index (χ0) is 22.2. The normalized spacial score (nSPS) is 11.8. The van der Waals surface area contributed by atoms with Crippen LogP contribution in [0.3, 0.4) is 0 Å². The van der Waals surface area contributed by atoms with Crippen molar-refractivity contribution in [1.82, 2.24) is 20.1 Å². The molecule has 0 aliphatic rings. The van der Waals surface area contributed by atoms with Gasteiger partial charge in [-0.05, 0) is 37.5 Å². The van der Waals surface area contributed by atoms with Gasteiger partial charge in [-0.2, -0.15) is 0 Å². The van der Waals surface area contributed by atoms with E-state index >= 15 is 0 Å². The Kier molecular flexibility index (Phi) is 7.35. The van der Waals surface area contributed by atoms with Gasteiger partial charge in [0.2, 0.25) is 5.91 Å². The first-order valence-electron chi connectivity index (χ1n) is 10.7. The quantitative estimate of drug-likeness (QED) is 0.364. The molecule has 5 nitrogen and oxygen atoms in total. The van der Waals surface area contributed by atoms with Crippen molar-refractivity contribution in [1.29, 1.82) is 0 Å². The SMILES string of the molecule is CC(CCc1ccccc1)NC(=O)CSc1nnc(-c2ccccc2)n1-c1ccccc1. The van der Waals surface area contributed by atoms with Crippen LogP contribution in [0.25, 0.3) is 17.1 Å². The van der Waals surface area contributed by atoms with E-state index in [1.165, 1.54) is 17.3 Å². The van der Waals surface area contributed by atoms with E-state index in [1.54, 1.807) is 0 Å².